The number of nitrogens with zero attached hydrogens (tertiary/aromatic N) is 2. The number of hydrogen-bond donors (Lipinski definition) is 0. The molecule has 0 unspecified atom stereocenters. The van der Waals surface area contributed by atoms with E-state index in [4.69, 9.17) is 0 Å². The van der Waals surface area contributed by atoms with Gasteiger partial charge in [0.1, 0.15) is 24.2 Å². The molecule has 1 heterocycles. The second-order valence-electron chi connectivity index (χ2n) is 9.51. The first-order valence-electron chi connectivity index (χ1n) is 10.1. The zero-order valence-electron chi connectivity index (χ0n) is 15.7. The second kappa shape index (κ2) is 6.43. The van der Waals surface area contributed by atoms with Gasteiger partial charge in [-0.1, -0.05) is 25.7 Å². The molecule has 2 saturated carbocycles. The maximum absolute atomic E-state index is 2.59. The van der Waals surface area contributed by atoms with Gasteiger partial charge in [0.2, 0.25) is 0 Å². The lowest BCUT2D eigenvalue weighted by Gasteiger charge is -2.62. The lowest BCUT2D eigenvalue weighted by molar-refractivity contribution is -1.07. The largest absolute Gasteiger partial charge is 0.314 e. The Morgan fingerprint density at radius 2 is 0.636 bits per heavy atom. The molecule has 1 saturated heterocycles. The van der Waals surface area contributed by atoms with E-state index in [1.54, 1.807) is 0 Å². The van der Waals surface area contributed by atoms with Crippen molar-refractivity contribution in [2.24, 2.45) is 0 Å². The van der Waals surface area contributed by atoms with Gasteiger partial charge in [-0.15, -0.1) is 0 Å². The molecule has 3 fully saturated rings. The van der Waals surface area contributed by atoms with Crippen molar-refractivity contribution in [3.63, 3.8) is 0 Å². The number of quaternary nitrogens is 2. The van der Waals surface area contributed by atoms with Crippen LogP contribution in [0.1, 0.15) is 77.0 Å². The third-order valence-electron chi connectivity index (χ3n) is 7.81. The standard InChI is InChI=1S/C20H40N2/c1-21(2)17-13-9-5-7-11-15-19(17)22(3,4)20-16-12-8-6-10-14-18(20)21/h17-20H,5-16H2,1-4H3/q+2/t17-,18+,19-,20+. The van der Waals surface area contributed by atoms with Crippen LogP contribution in [0.25, 0.3) is 0 Å². The molecule has 0 N–H and O–H groups in total. The summed E-state index contributed by atoms with van der Waals surface area (Å²) >= 11 is 0. The molecular weight excluding hydrogens is 268 g/mol. The molecule has 0 spiro atoms. The summed E-state index contributed by atoms with van der Waals surface area (Å²) in [6.45, 7) is 0. The van der Waals surface area contributed by atoms with Crippen LogP contribution in [-0.4, -0.2) is 61.3 Å². The van der Waals surface area contributed by atoms with Gasteiger partial charge < -0.3 is 8.97 Å². The molecule has 0 aromatic carbocycles. The van der Waals surface area contributed by atoms with Crippen molar-refractivity contribution in [3.05, 3.63) is 0 Å². The van der Waals surface area contributed by atoms with Crippen LogP contribution in [0.2, 0.25) is 0 Å². The van der Waals surface area contributed by atoms with Gasteiger partial charge in [-0.2, -0.15) is 0 Å². The fourth-order valence-electron chi connectivity index (χ4n) is 6.49. The summed E-state index contributed by atoms with van der Waals surface area (Å²) in [4.78, 5) is 0. The molecule has 0 aromatic rings. The fourth-order valence-corrected chi connectivity index (χ4v) is 6.49. The Balaban J connectivity index is 1.95. The highest BCUT2D eigenvalue weighted by atomic mass is 15.5. The topological polar surface area (TPSA) is 0 Å². The number of likely N-dealkylation sites (N-methyl/N-ethyl adjacent to an activating group) is 2. The van der Waals surface area contributed by atoms with Crippen molar-refractivity contribution in [3.8, 4) is 0 Å². The Labute approximate surface area is 139 Å². The van der Waals surface area contributed by atoms with Crippen LogP contribution in [-0.2, 0) is 0 Å². The molecule has 4 atom stereocenters. The van der Waals surface area contributed by atoms with Crippen LogP contribution in [0.3, 0.4) is 0 Å². The van der Waals surface area contributed by atoms with E-state index in [0.717, 1.165) is 24.2 Å². The third-order valence-corrected chi connectivity index (χ3v) is 7.81. The first-order valence-corrected chi connectivity index (χ1v) is 10.1. The first-order chi connectivity index (χ1) is 10.5. The molecule has 3 aliphatic rings. The van der Waals surface area contributed by atoms with Gasteiger partial charge in [0, 0.05) is 25.7 Å². The van der Waals surface area contributed by atoms with Crippen LogP contribution < -0.4 is 0 Å². The van der Waals surface area contributed by atoms with E-state index < -0.39 is 0 Å². The summed E-state index contributed by atoms with van der Waals surface area (Å²) in [7, 11) is 10.4. The summed E-state index contributed by atoms with van der Waals surface area (Å²) in [5.41, 5.74) is 0. The average Bonchev–Trinajstić information content (AvgIpc) is 2.34. The van der Waals surface area contributed by atoms with Crippen molar-refractivity contribution in [1.82, 2.24) is 0 Å². The summed E-state index contributed by atoms with van der Waals surface area (Å²) in [6, 6.07) is 3.60. The smallest absolute Gasteiger partial charge is 0.141 e. The summed E-state index contributed by atoms with van der Waals surface area (Å²) in [5.74, 6) is 0. The molecule has 2 nitrogen and oxygen atoms in total. The zero-order chi connectivity index (χ0) is 15.8. The number of rotatable bonds is 0. The van der Waals surface area contributed by atoms with Crippen LogP contribution in [0, 0.1) is 0 Å². The second-order valence-corrected chi connectivity index (χ2v) is 9.51. The maximum Gasteiger partial charge on any atom is 0.141 e. The fraction of sp³-hybridized carbons (Fsp3) is 1.00. The van der Waals surface area contributed by atoms with E-state index in [0.29, 0.717) is 0 Å². The van der Waals surface area contributed by atoms with E-state index in [9.17, 15) is 0 Å². The number of fused-ring (bicyclic) bond motifs is 2. The predicted molar refractivity (Wildman–Crippen MR) is 94.8 cm³/mol. The molecule has 0 aromatic heterocycles. The van der Waals surface area contributed by atoms with Gasteiger partial charge in [-0.3, -0.25) is 0 Å². The van der Waals surface area contributed by atoms with Gasteiger partial charge in [-0.25, -0.2) is 0 Å². The minimum absolute atomic E-state index is 0.899. The monoisotopic (exact) mass is 308 g/mol. The van der Waals surface area contributed by atoms with E-state index in [1.807, 2.05) is 0 Å². The Kier molecular flexibility index (Phi) is 4.90. The van der Waals surface area contributed by atoms with Crippen LogP contribution in [0.15, 0.2) is 0 Å². The van der Waals surface area contributed by atoms with Crippen molar-refractivity contribution >= 4 is 0 Å². The summed E-state index contributed by atoms with van der Waals surface area (Å²) in [5, 5.41) is 0. The SMILES string of the molecule is C[N+]1(C)[C@@H]2CCCCCC[C@H]2[N+](C)(C)[C@H]2CCCCCC[C@@H]21. The van der Waals surface area contributed by atoms with Gasteiger partial charge in [-0.05, 0) is 25.7 Å². The summed E-state index contributed by atoms with van der Waals surface area (Å²) < 4.78 is 2.66. The molecule has 128 valence electrons. The average molecular weight is 309 g/mol. The minimum Gasteiger partial charge on any atom is -0.314 e. The predicted octanol–water partition coefficient (Wildman–Crippen LogP) is 4.34. The zero-order valence-corrected chi connectivity index (χ0v) is 15.7. The number of hydrogen-bond acceptors (Lipinski definition) is 0. The molecule has 2 heteroatoms. The normalized spacial score (nSPS) is 42.0. The van der Waals surface area contributed by atoms with Crippen LogP contribution in [0.4, 0.5) is 0 Å². The molecular formula is C20H40N2+2. The van der Waals surface area contributed by atoms with Crippen molar-refractivity contribution in [2.45, 2.75) is 101 Å². The molecule has 22 heavy (non-hydrogen) atoms. The molecule has 1 aliphatic heterocycles. The Hall–Kier alpha value is -0.0800. The van der Waals surface area contributed by atoms with Gasteiger partial charge in [0.05, 0.1) is 28.2 Å². The lowest BCUT2D eigenvalue weighted by atomic mass is 9.77. The quantitative estimate of drug-likeness (QED) is 0.584. The molecule has 2 aliphatic carbocycles. The molecule has 0 bridgehead atoms. The van der Waals surface area contributed by atoms with Gasteiger partial charge in [0.25, 0.3) is 0 Å². The van der Waals surface area contributed by atoms with Gasteiger partial charge in [0.15, 0.2) is 0 Å². The number of piperazine rings is 1. The van der Waals surface area contributed by atoms with Crippen molar-refractivity contribution < 1.29 is 8.97 Å². The van der Waals surface area contributed by atoms with Gasteiger partial charge >= 0.3 is 0 Å². The van der Waals surface area contributed by atoms with E-state index >= 15 is 0 Å². The highest BCUT2D eigenvalue weighted by molar-refractivity contribution is 4.87. The van der Waals surface area contributed by atoms with E-state index in [1.165, 1.54) is 86.0 Å². The highest BCUT2D eigenvalue weighted by Gasteiger charge is 2.59. The Morgan fingerprint density at radius 3 is 0.864 bits per heavy atom. The first kappa shape index (κ1) is 16.8. The molecule has 3 rings (SSSR count). The van der Waals surface area contributed by atoms with Crippen molar-refractivity contribution in [2.75, 3.05) is 28.2 Å². The minimum atomic E-state index is 0.899. The Bertz CT molecular complexity index is 306. The maximum atomic E-state index is 2.59. The van der Waals surface area contributed by atoms with E-state index in [-0.39, 0.29) is 0 Å². The van der Waals surface area contributed by atoms with Crippen LogP contribution in [0.5, 0.6) is 0 Å². The molecule has 0 radical (unpaired) electrons. The van der Waals surface area contributed by atoms with E-state index in [2.05, 4.69) is 28.2 Å². The lowest BCUT2D eigenvalue weighted by Crippen LogP contribution is -2.79. The summed E-state index contributed by atoms with van der Waals surface area (Å²) in [6.07, 6.45) is 17.7. The molecule has 0 amide bonds. The Morgan fingerprint density at radius 1 is 0.409 bits per heavy atom. The highest BCUT2D eigenvalue weighted by Crippen LogP contribution is 2.43. The van der Waals surface area contributed by atoms with Crippen LogP contribution >= 0.6 is 0 Å². The third kappa shape index (κ3) is 2.86. The van der Waals surface area contributed by atoms with Crippen molar-refractivity contribution in [1.29, 1.82) is 0 Å².